The fraction of sp³-hybridized carbons (Fsp3) is 0.294. The van der Waals surface area contributed by atoms with Gasteiger partial charge in [-0.1, -0.05) is 23.2 Å². The van der Waals surface area contributed by atoms with Crippen LogP contribution in [0.1, 0.15) is 11.1 Å². The van der Waals surface area contributed by atoms with Gasteiger partial charge in [0.1, 0.15) is 16.4 Å². The Hall–Kier alpha value is -1.47. The van der Waals surface area contributed by atoms with E-state index in [1.54, 1.807) is 27.2 Å². The summed E-state index contributed by atoms with van der Waals surface area (Å²) in [6.07, 6.45) is 0.469. The van der Waals surface area contributed by atoms with Gasteiger partial charge in [0.05, 0.1) is 19.2 Å². The molecule has 0 aliphatic carbocycles. The quantitative estimate of drug-likeness (QED) is 0.762. The van der Waals surface area contributed by atoms with Gasteiger partial charge in [0.15, 0.2) is 0 Å². The normalized spacial score (nSPS) is 11.4. The maximum absolute atomic E-state index is 12.5. The third kappa shape index (κ3) is 5.01. The molecular weight excluding hydrogens is 385 g/mol. The highest BCUT2D eigenvalue weighted by atomic mass is 35.5. The second-order valence-electron chi connectivity index (χ2n) is 5.40. The zero-order valence-electron chi connectivity index (χ0n) is 14.1. The Balaban J connectivity index is 2.12. The molecule has 0 aliphatic heterocycles. The van der Waals surface area contributed by atoms with Gasteiger partial charge in [0.2, 0.25) is 10.0 Å². The molecule has 2 aromatic rings. The zero-order chi connectivity index (χ0) is 18.6. The van der Waals surface area contributed by atoms with Crippen molar-refractivity contribution in [2.24, 2.45) is 0 Å². The van der Waals surface area contributed by atoms with Crippen molar-refractivity contribution in [2.75, 3.05) is 20.8 Å². The first-order valence-corrected chi connectivity index (χ1v) is 9.68. The summed E-state index contributed by atoms with van der Waals surface area (Å²) in [5.74, 6) is 1.29. The summed E-state index contributed by atoms with van der Waals surface area (Å²) in [5, 5.41) is 0.513. The number of methoxy groups -OCH3 is 2. The molecule has 0 aliphatic rings. The van der Waals surface area contributed by atoms with Crippen LogP contribution in [0.4, 0.5) is 0 Å². The van der Waals surface area contributed by atoms with Crippen molar-refractivity contribution in [2.45, 2.75) is 18.2 Å². The van der Waals surface area contributed by atoms with Crippen LogP contribution in [0.2, 0.25) is 10.0 Å². The third-order valence-corrected chi connectivity index (χ3v) is 5.95. The number of rotatable bonds is 7. The molecule has 0 spiro atoms. The number of hydrogen-bond donors (Lipinski definition) is 1. The molecule has 0 amide bonds. The van der Waals surface area contributed by atoms with E-state index >= 15 is 0 Å². The van der Waals surface area contributed by atoms with Crippen LogP contribution in [-0.4, -0.2) is 29.2 Å². The maximum Gasteiger partial charge on any atom is 0.242 e. The highest BCUT2D eigenvalue weighted by Gasteiger charge is 2.19. The fourth-order valence-electron chi connectivity index (χ4n) is 2.25. The van der Waals surface area contributed by atoms with Gasteiger partial charge in [-0.25, -0.2) is 13.1 Å². The molecule has 0 radical (unpaired) electrons. The van der Waals surface area contributed by atoms with E-state index in [1.807, 2.05) is 12.1 Å². The number of nitrogens with one attached hydrogen (secondary N) is 1. The van der Waals surface area contributed by atoms with Crippen LogP contribution in [0, 0.1) is 6.92 Å². The summed E-state index contributed by atoms with van der Waals surface area (Å²) >= 11 is 12.0. The van der Waals surface area contributed by atoms with Crippen molar-refractivity contribution in [1.82, 2.24) is 4.72 Å². The highest BCUT2D eigenvalue weighted by Crippen LogP contribution is 2.28. The number of ether oxygens (including phenoxy) is 2. The summed E-state index contributed by atoms with van der Waals surface area (Å²) in [5.41, 5.74) is 1.53. The Morgan fingerprint density at radius 3 is 2.12 bits per heavy atom. The Labute approximate surface area is 157 Å². The van der Waals surface area contributed by atoms with Crippen molar-refractivity contribution in [1.29, 1.82) is 0 Å². The zero-order valence-corrected chi connectivity index (χ0v) is 16.4. The largest absolute Gasteiger partial charge is 0.497 e. The van der Waals surface area contributed by atoms with Crippen LogP contribution in [0.3, 0.4) is 0 Å². The molecule has 0 saturated carbocycles. The monoisotopic (exact) mass is 403 g/mol. The summed E-state index contributed by atoms with van der Waals surface area (Å²) in [7, 11) is -0.612. The molecule has 0 atom stereocenters. The lowest BCUT2D eigenvalue weighted by Gasteiger charge is -2.11. The van der Waals surface area contributed by atoms with Gasteiger partial charge < -0.3 is 9.47 Å². The van der Waals surface area contributed by atoms with E-state index in [2.05, 4.69) is 4.72 Å². The molecule has 2 aromatic carbocycles. The Kier molecular flexibility index (Phi) is 6.57. The standard InChI is InChI=1S/C17H19Cl2NO4S/c1-11-6-17(16(19)10-15(11)18)25(21,22)20-5-4-12-7-13(23-2)9-14(8-12)24-3/h6-10,20H,4-5H2,1-3H3. The Morgan fingerprint density at radius 2 is 1.56 bits per heavy atom. The minimum absolute atomic E-state index is 0.0132. The van der Waals surface area contributed by atoms with Gasteiger partial charge in [0, 0.05) is 17.6 Å². The van der Waals surface area contributed by atoms with Crippen LogP contribution in [-0.2, 0) is 16.4 Å². The van der Waals surface area contributed by atoms with E-state index in [9.17, 15) is 8.42 Å². The first kappa shape index (κ1) is 19.8. The van der Waals surface area contributed by atoms with Gasteiger partial charge in [-0.2, -0.15) is 0 Å². The molecule has 2 rings (SSSR count). The van der Waals surface area contributed by atoms with E-state index in [4.69, 9.17) is 32.7 Å². The van der Waals surface area contributed by atoms with E-state index in [0.29, 0.717) is 28.5 Å². The molecular formula is C17H19Cl2NO4S. The average molecular weight is 404 g/mol. The van der Waals surface area contributed by atoms with Gasteiger partial charge in [-0.05, 0) is 48.7 Å². The predicted molar refractivity (Wildman–Crippen MR) is 99.6 cm³/mol. The van der Waals surface area contributed by atoms with Crippen LogP contribution >= 0.6 is 23.2 Å². The first-order chi connectivity index (χ1) is 11.8. The second kappa shape index (κ2) is 8.27. The lowest BCUT2D eigenvalue weighted by molar-refractivity contribution is 0.393. The average Bonchev–Trinajstić information content (AvgIpc) is 2.57. The van der Waals surface area contributed by atoms with Crippen LogP contribution < -0.4 is 14.2 Å². The van der Waals surface area contributed by atoms with Crippen LogP contribution in [0.15, 0.2) is 35.2 Å². The lowest BCUT2D eigenvalue weighted by atomic mass is 10.1. The van der Waals surface area contributed by atoms with Crippen LogP contribution in [0.5, 0.6) is 11.5 Å². The SMILES string of the molecule is COc1cc(CCNS(=O)(=O)c2cc(C)c(Cl)cc2Cl)cc(OC)c1. The lowest BCUT2D eigenvalue weighted by Crippen LogP contribution is -2.26. The number of aryl methyl sites for hydroxylation is 1. The minimum Gasteiger partial charge on any atom is -0.497 e. The molecule has 8 heteroatoms. The molecule has 1 N–H and O–H groups in total. The van der Waals surface area contributed by atoms with E-state index in [1.165, 1.54) is 12.1 Å². The smallest absolute Gasteiger partial charge is 0.242 e. The van der Waals surface area contributed by atoms with E-state index < -0.39 is 10.0 Å². The van der Waals surface area contributed by atoms with Crippen molar-refractivity contribution in [3.8, 4) is 11.5 Å². The number of benzene rings is 2. The summed E-state index contributed by atoms with van der Waals surface area (Å²) < 4.78 is 37.9. The molecule has 5 nitrogen and oxygen atoms in total. The summed E-state index contributed by atoms with van der Waals surface area (Å²) in [4.78, 5) is 0.0132. The molecule has 0 saturated heterocycles. The van der Waals surface area contributed by atoms with E-state index in [-0.39, 0.29) is 16.5 Å². The topological polar surface area (TPSA) is 64.6 Å². The molecule has 136 valence electrons. The molecule has 0 unspecified atom stereocenters. The Bertz CT molecular complexity index is 847. The molecule has 0 fully saturated rings. The summed E-state index contributed by atoms with van der Waals surface area (Å²) in [6.45, 7) is 1.93. The van der Waals surface area contributed by atoms with Crippen LogP contribution in [0.25, 0.3) is 0 Å². The van der Waals surface area contributed by atoms with Gasteiger partial charge >= 0.3 is 0 Å². The highest BCUT2D eigenvalue weighted by molar-refractivity contribution is 7.89. The van der Waals surface area contributed by atoms with Gasteiger partial charge in [-0.15, -0.1) is 0 Å². The number of halogens is 2. The third-order valence-electron chi connectivity index (χ3n) is 3.62. The van der Waals surface area contributed by atoms with Crippen molar-refractivity contribution < 1.29 is 17.9 Å². The first-order valence-electron chi connectivity index (χ1n) is 7.44. The van der Waals surface area contributed by atoms with Crippen molar-refractivity contribution in [3.63, 3.8) is 0 Å². The van der Waals surface area contributed by atoms with Gasteiger partial charge in [0.25, 0.3) is 0 Å². The maximum atomic E-state index is 12.5. The van der Waals surface area contributed by atoms with Gasteiger partial charge in [-0.3, -0.25) is 0 Å². The minimum atomic E-state index is -3.73. The van der Waals surface area contributed by atoms with Crippen molar-refractivity contribution in [3.05, 3.63) is 51.5 Å². The molecule has 0 bridgehead atoms. The Morgan fingerprint density at radius 1 is 0.960 bits per heavy atom. The number of hydrogen-bond acceptors (Lipinski definition) is 4. The number of sulfonamides is 1. The second-order valence-corrected chi connectivity index (χ2v) is 7.95. The predicted octanol–water partition coefficient (Wildman–Crippen LogP) is 3.84. The molecule has 0 heterocycles. The van der Waals surface area contributed by atoms with Crippen molar-refractivity contribution >= 4 is 33.2 Å². The molecule has 25 heavy (non-hydrogen) atoms. The van der Waals surface area contributed by atoms with E-state index in [0.717, 1.165) is 5.56 Å². The molecule has 0 aromatic heterocycles. The fourth-order valence-corrected chi connectivity index (χ4v) is 4.12. The summed E-state index contributed by atoms with van der Waals surface area (Å²) in [6, 6.07) is 8.30.